The van der Waals surface area contributed by atoms with Crippen LogP contribution < -0.4 is 20.4 Å². The summed E-state index contributed by atoms with van der Waals surface area (Å²) >= 11 is 11.1. The molecule has 2 fully saturated rings. The minimum Gasteiger partial charge on any atom is -0.463 e. The first kappa shape index (κ1) is 17.3. The van der Waals surface area contributed by atoms with E-state index < -0.39 is 0 Å². The highest BCUT2D eigenvalue weighted by atomic mass is 32.1. The van der Waals surface area contributed by atoms with E-state index in [2.05, 4.69) is 10.6 Å². The number of rotatable bonds is 5. The van der Waals surface area contributed by atoms with E-state index in [0.717, 1.165) is 51.3 Å². The maximum Gasteiger partial charge on any atom is 0.197 e. The van der Waals surface area contributed by atoms with Gasteiger partial charge in [0.2, 0.25) is 0 Å². The summed E-state index contributed by atoms with van der Waals surface area (Å²) in [5, 5.41) is 12.0. The highest BCUT2D eigenvalue weighted by Gasteiger charge is 2.35. The summed E-state index contributed by atoms with van der Waals surface area (Å²) in [6.45, 7) is 4.54. The number of nitrogens with one attached hydrogen (secondary N) is 4. The third-order valence-electron chi connectivity index (χ3n) is 4.49. The minimum absolute atomic E-state index is 0.691. The second kappa shape index (κ2) is 7.62. The Morgan fingerprint density at radius 3 is 1.69 bits per heavy atom. The Balaban J connectivity index is 1.42. The molecule has 2 aliphatic heterocycles. The van der Waals surface area contributed by atoms with Crippen molar-refractivity contribution in [2.24, 2.45) is 0 Å². The highest BCUT2D eigenvalue weighted by molar-refractivity contribution is 7.80. The molecule has 4 rings (SSSR count). The number of quaternary nitrogens is 2. The van der Waals surface area contributed by atoms with Crippen molar-refractivity contribution in [3.05, 3.63) is 48.3 Å². The van der Waals surface area contributed by atoms with Crippen LogP contribution in [-0.4, -0.2) is 46.9 Å². The Kier molecular flexibility index (Phi) is 5.07. The second-order valence-electron chi connectivity index (χ2n) is 6.44. The molecule has 0 amide bonds. The maximum absolute atomic E-state index is 5.54. The van der Waals surface area contributed by atoms with Crippen molar-refractivity contribution in [3.8, 4) is 0 Å². The Bertz CT molecular complexity index is 687. The molecule has 26 heavy (non-hydrogen) atoms. The van der Waals surface area contributed by atoms with Crippen LogP contribution in [0.3, 0.4) is 0 Å². The van der Waals surface area contributed by atoms with Gasteiger partial charge in [0, 0.05) is 0 Å². The fraction of sp³-hybridized carbons (Fsp3) is 0.375. The molecule has 0 aliphatic carbocycles. The van der Waals surface area contributed by atoms with Crippen LogP contribution in [0.25, 0.3) is 0 Å². The van der Waals surface area contributed by atoms with Gasteiger partial charge in [0.15, 0.2) is 48.4 Å². The van der Waals surface area contributed by atoms with E-state index in [0.29, 0.717) is 10.2 Å². The average Bonchev–Trinajstić information content (AvgIpc) is 3.33. The number of hydrogen-bond donors (Lipinski definition) is 4. The first-order chi connectivity index (χ1) is 12.7. The zero-order chi connectivity index (χ0) is 17.9. The zero-order valence-corrected chi connectivity index (χ0v) is 15.9. The summed E-state index contributed by atoms with van der Waals surface area (Å²) in [5.41, 5.74) is 0. The molecular formula is C16H22N6O2S2+2. The summed E-state index contributed by atoms with van der Waals surface area (Å²) in [7, 11) is 0. The molecule has 2 atom stereocenters. The average molecular weight is 395 g/mol. The van der Waals surface area contributed by atoms with Crippen molar-refractivity contribution >= 4 is 34.7 Å². The van der Waals surface area contributed by atoms with Crippen molar-refractivity contribution < 1.29 is 18.6 Å². The predicted octanol–water partition coefficient (Wildman–Crippen LogP) is -1.53. The third kappa shape index (κ3) is 3.83. The van der Waals surface area contributed by atoms with E-state index in [1.54, 1.807) is 12.5 Å². The monoisotopic (exact) mass is 394 g/mol. The lowest BCUT2D eigenvalue weighted by Crippen LogP contribution is -3.19. The molecule has 0 bridgehead atoms. The SMILES string of the molecule is S=C1NC[NH+](Cc2ccco2)CN1N1C[NH+](Cc2ccco2)CNC1=S. The van der Waals surface area contributed by atoms with Gasteiger partial charge in [0.05, 0.1) is 12.5 Å². The Labute approximate surface area is 162 Å². The summed E-state index contributed by atoms with van der Waals surface area (Å²) in [6.07, 6.45) is 3.40. The first-order valence-electron chi connectivity index (χ1n) is 8.51. The van der Waals surface area contributed by atoms with Crippen LogP contribution in [0.1, 0.15) is 11.5 Å². The Morgan fingerprint density at radius 1 is 0.846 bits per heavy atom. The van der Waals surface area contributed by atoms with Gasteiger partial charge in [-0.2, -0.15) is 0 Å². The molecule has 8 nitrogen and oxygen atoms in total. The van der Waals surface area contributed by atoms with Gasteiger partial charge in [-0.1, -0.05) is 0 Å². The second-order valence-corrected chi connectivity index (χ2v) is 7.22. The van der Waals surface area contributed by atoms with Gasteiger partial charge in [0.25, 0.3) is 0 Å². The van der Waals surface area contributed by atoms with E-state index in [-0.39, 0.29) is 0 Å². The van der Waals surface area contributed by atoms with E-state index >= 15 is 0 Å². The fourth-order valence-electron chi connectivity index (χ4n) is 3.21. The van der Waals surface area contributed by atoms with Crippen LogP contribution in [0.5, 0.6) is 0 Å². The highest BCUT2D eigenvalue weighted by Crippen LogP contribution is 2.03. The lowest BCUT2D eigenvalue weighted by atomic mass is 10.4. The van der Waals surface area contributed by atoms with Crippen LogP contribution >= 0.6 is 24.4 Å². The molecule has 2 unspecified atom stereocenters. The predicted molar refractivity (Wildman–Crippen MR) is 101 cm³/mol. The molecule has 2 aromatic heterocycles. The number of hydrazine groups is 1. The van der Waals surface area contributed by atoms with Crippen LogP contribution in [-0.2, 0) is 13.1 Å². The van der Waals surface area contributed by atoms with Gasteiger partial charge in [-0.05, 0) is 48.7 Å². The smallest absolute Gasteiger partial charge is 0.197 e. The Hall–Kier alpha value is -2.14. The topological polar surface area (TPSA) is 65.7 Å². The van der Waals surface area contributed by atoms with Crippen molar-refractivity contribution in [2.75, 3.05) is 26.7 Å². The van der Waals surface area contributed by atoms with E-state index in [1.807, 2.05) is 34.3 Å². The first-order valence-corrected chi connectivity index (χ1v) is 9.33. The molecule has 0 aromatic carbocycles. The minimum atomic E-state index is 0.691. The number of thiocarbonyl (C=S) groups is 2. The molecule has 2 aliphatic rings. The molecule has 4 heterocycles. The number of hydrogen-bond acceptors (Lipinski definition) is 4. The van der Waals surface area contributed by atoms with Crippen LogP contribution in [0, 0.1) is 0 Å². The lowest BCUT2D eigenvalue weighted by Gasteiger charge is -2.44. The van der Waals surface area contributed by atoms with Crippen LogP contribution in [0.2, 0.25) is 0 Å². The van der Waals surface area contributed by atoms with Gasteiger partial charge in [-0.3, -0.25) is 9.80 Å². The van der Waals surface area contributed by atoms with Crippen molar-refractivity contribution in [1.82, 2.24) is 20.7 Å². The third-order valence-corrected chi connectivity index (χ3v) is 5.21. The van der Waals surface area contributed by atoms with E-state index in [9.17, 15) is 0 Å². The standard InChI is InChI=1S/C16H20N6O2S2/c25-15-17-9-19(7-13-3-1-5-23-13)11-21(15)22-12-20(10-18-16(22)26)8-14-4-2-6-24-14/h1-6H,7-12H2,(H,17,25)(H,18,26)/p+2. The molecular weight excluding hydrogens is 372 g/mol. The van der Waals surface area contributed by atoms with E-state index in [1.165, 1.54) is 9.80 Å². The normalized spacial score (nSPS) is 23.7. The molecule has 2 aromatic rings. The number of furan rings is 2. The van der Waals surface area contributed by atoms with Gasteiger partial charge in [-0.25, -0.2) is 10.0 Å². The molecule has 138 valence electrons. The maximum atomic E-state index is 5.54. The van der Waals surface area contributed by atoms with Crippen molar-refractivity contribution in [2.45, 2.75) is 13.1 Å². The van der Waals surface area contributed by atoms with Gasteiger partial charge in [0.1, 0.15) is 13.1 Å². The lowest BCUT2D eigenvalue weighted by molar-refractivity contribution is -0.944. The molecule has 0 spiro atoms. The van der Waals surface area contributed by atoms with Crippen molar-refractivity contribution in [1.29, 1.82) is 0 Å². The molecule has 4 N–H and O–H groups in total. The largest absolute Gasteiger partial charge is 0.463 e. The van der Waals surface area contributed by atoms with Gasteiger partial charge >= 0.3 is 0 Å². The van der Waals surface area contributed by atoms with E-state index in [4.69, 9.17) is 33.3 Å². The zero-order valence-electron chi connectivity index (χ0n) is 14.2. The summed E-state index contributed by atoms with van der Waals surface area (Å²) in [4.78, 5) is 2.60. The van der Waals surface area contributed by atoms with Crippen molar-refractivity contribution in [3.63, 3.8) is 0 Å². The quantitative estimate of drug-likeness (QED) is 0.456. The molecule has 0 saturated carbocycles. The molecule has 2 saturated heterocycles. The molecule has 0 radical (unpaired) electrons. The number of nitrogens with zero attached hydrogens (tertiary/aromatic N) is 2. The summed E-state index contributed by atoms with van der Waals surface area (Å²) < 4.78 is 10.9. The Morgan fingerprint density at radius 2 is 1.31 bits per heavy atom. The van der Waals surface area contributed by atoms with Crippen LogP contribution in [0.15, 0.2) is 45.6 Å². The summed E-state index contributed by atoms with van der Waals surface area (Å²) in [6, 6.07) is 7.81. The van der Waals surface area contributed by atoms with Gasteiger partial charge in [-0.15, -0.1) is 0 Å². The van der Waals surface area contributed by atoms with Crippen LogP contribution in [0.4, 0.5) is 0 Å². The fourth-order valence-corrected chi connectivity index (χ4v) is 3.68. The molecule has 10 heteroatoms. The summed E-state index contributed by atoms with van der Waals surface area (Å²) in [5.74, 6) is 1.91. The van der Waals surface area contributed by atoms with Gasteiger partial charge < -0.3 is 19.5 Å².